The van der Waals surface area contributed by atoms with Crippen LogP contribution in [-0.4, -0.2) is 14.8 Å². The molecule has 17 heavy (non-hydrogen) atoms. The number of halogens is 2. The minimum absolute atomic E-state index is 0.478. The van der Waals surface area contributed by atoms with Gasteiger partial charge in [-0.2, -0.15) is 5.10 Å². The Morgan fingerprint density at radius 2 is 2.24 bits per heavy atom. The van der Waals surface area contributed by atoms with Gasteiger partial charge in [-0.1, -0.05) is 27.5 Å². The summed E-state index contributed by atoms with van der Waals surface area (Å²) in [6.45, 7) is 0. The lowest BCUT2D eigenvalue weighted by molar-refractivity contribution is 0.735. The molecule has 0 amide bonds. The molecule has 88 valence electrons. The monoisotopic (exact) mass is 329 g/mol. The number of aromatic amines is 1. The third kappa shape index (κ3) is 2.07. The van der Waals surface area contributed by atoms with E-state index < -0.39 is 0 Å². The van der Waals surface area contributed by atoms with Crippen LogP contribution in [0.4, 0.5) is 0 Å². The van der Waals surface area contributed by atoms with Crippen molar-refractivity contribution in [2.45, 2.75) is 18.9 Å². The van der Waals surface area contributed by atoms with Gasteiger partial charge >= 0.3 is 0 Å². The molecule has 0 saturated heterocycles. The number of H-pyrrole nitrogens is 1. The number of hydrogen-bond donors (Lipinski definition) is 1. The molecule has 3 nitrogen and oxygen atoms in total. The largest absolute Gasteiger partial charge is 0.297 e. The molecule has 1 N–H and O–H groups in total. The topological polar surface area (TPSA) is 33.6 Å². The first kappa shape index (κ1) is 11.4. The van der Waals surface area contributed by atoms with Crippen molar-refractivity contribution in [3.8, 4) is 11.4 Å². The Morgan fingerprint density at radius 1 is 1.47 bits per heavy atom. The minimum Gasteiger partial charge on any atom is -0.297 e. The van der Waals surface area contributed by atoms with E-state index >= 15 is 0 Å². The van der Waals surface area contributed by atoms with E-state index in [1.807, 2.05) is 18.2 Å². The molecule has 1 aromatic heterocycles. The number of nitrogens with one attached hydrogen (secondary N) is 1. The molecule has 0 bridgehead atoms. The first-order valence-corrected chi connectivity index (χ1v) is 6.87. The lowest BCUT2D eigenvalue weighted by Gasteiger charge is -2.07. The summed E-state index contributed by atoms with van der Waals surface area (Å²) in [5, 5.41) is 7.82. The predicted octanol–water partition coefficient (Wildman–Crippen LogP) is 4.36. The van der Waals surface area contributed by atoms with Crippen LogP contribution in [0.1, 0.15) is 18.9 Å². The lowest BCUT2D eigenvalue weighted by atomic mass is 10.2. The Kier molecular flexibility index (Phi) is 2.84. The van der Waals surface area contributed by atoms with Crippen LogP contribution in [-0.2, 0) is 0 Å². The standard InChI is InChI=1S/C11H9BrClN3S/c12-6-1-4-9(13)8(5-6)10-14-15-11(17)16(10)7-2-3-7/h1,4-5,7H,2-3H2,(H,15,17). The molecule has 1 fully saturated rings. The predicted molar refractivity (Wildman–Crippen MR) is 73.8 cm³/mol. The quantitative estimate of drug-likeness (QED) is 0.830. The van der Waals surface area contributed by atoms with Crippen molar-refractivity contribution in [1.82, 2.24) is 14.8 Å². The zero-order valence-corrected chi connectivity index (χ0v) is 11.9. The van der Waals surface area contributed by atoms with Crippen molar-refractivity contribution in [2.24, 2.45) is 0 Å². The molecule has 0 unspecified atom stereocenters. The third-order valence-corrected chi connectivity index (χ3v) is 3.90. The molecular formula is C11H9BrClN3S. The summed E-state index contributed by atoms with van der Waals surface area (Å²) < 4.78 is 3.70. The van der Waals surface area contributed by atoms with Crippen molar-refractivity contribution >= 4 is 39.7 Å². The number of benzene rings is 1. The molecule has 0 spiro atoms. The molecule has 2 aromatic rings. The molecule has 1 aliphatic carbocycles. The molecule has 0 aliphatic heterocycles. The Hall–Kier alpha value is -0.650. The molecule has 3 rings (SSSR count). The molecule has 1 saturated carbocycles. The van der Waals surface area contributed by atoms with Crippen LogP contribution >= 0.6 is 39.7 Å². The first-order chi connectivity index (χ1) is 8.16. The van der Waals surface area contributed by atoms with Gasteiger partial charge in [0.15, 0.2) is 10.6 Å². The maximum Gasteiger partial charge on any atom is 0.195 e. The average molecular weight is 331 g/mol. The van der Waals surface area contributed by atoms with Crippen molar-refractivity contribution in [3.05, 3.63) is 32.5 Å². The van der Waals surface area contributed by atoms with E-state index in [2.05, 4.69) is 30.7 Å². The molecule has 6 heteroatoms. The number of nitrogens with zero attached hydrogens (tertiary/aromatic N) is 2. The van der Waals surface area contributed by atoms with Gasteiger partial charge < -0.3 is 0 Å². The highest BCUT2D eigenvalue weighted by Crippen LogP contribution is 2.39. The lowest BCUT2D eigenvalue weighted by Crippen LogP contribution is -1.98. The van der Waals surface area contributed by atoms with Crippen LogP contribution in [0.3, 0.4) is 0 Å². The summed E-state index contributed by atoms with van der Waals surface area (Å²) >= 11 is 14.9. The molecule has 1 heterocycles. The van der Waals surface area contributed by atoms with Gasteiger partial charge in [-0.3, -0.25) is 9.67 Å². The fourth-order valence-electron chi connectivity index (χ4n) is 1.84. The Balaban J connectivity index is 2.21. The zero-order valence-electron chi connectivity index (χ0n) is 8.78. The third-order valence-electron chi connectivity index (χ3n) is 2.79. The second kappa shape index (κ2) is 4.23. The van der Waals surface area contributed by atoms with Crippen molar-refractivity contribution in [2.75, 3.05) is 0 Å². The van der Waals surface area contributed by atoms with E-state index in [1.165, 1.54) is 0 Å². The molecule has 0 atom stereocenters. The van der Waals surface area contributed by atoms with E-state index in [-0.39, 0.29) is 0 Å². The van der Waals surface area contributed by atoms with Gasteiger partial charge in [-0.15, -0.1) is 0 Å². The van der Waals surface area contributed by atoms with Gasteiger partial charge in [0.2, 0.25) is 0 Å². The van der Waals surface area contributed by atoms with Crippen LogP contribution in [0.15, 0.2) is 22.7 Å². The van der Waals surface area contributed by atoms with Gasteiger partial charge in [-0.25, -0.2) is 0 Å². The summed E-state index contributed by atoms with van der Waals surface area (Å²) in [5.41, 5.74) is 0.903. The van der Waals surface area contributed by atoms with Crippen LogP contribution in [0, 0.1) is 4.77 Å². The second-order valence-electron chi connectivity index (χ2n) is 4.08. The summed E-state index contributed by atoms with van der Waals surface area (Å²) in [4.78, 5) is 0. The van der Waals surface area contributed by atoms with Crippen molar-refractivity contribution in [3.63, 3.8) is 0 Å². The number of rotatable bonds is 2. The fraction of sp³-hybridized carbons (Fsp3) is 0.273. The highest BCUT2D eigenvalue weighted by atomic mass is 79.9. The van der Waals surface area contributed by atoms with Gasteiger partial charge in [0.05, 0.1) is 5.02 Å². The Bertz CT molecular complexity index is 630. The summed E-state index contributed by atoms with van der Waals surface area (Å²) in [7, 11) is 0. The van der Waals surface area contributed by atoms with E-state index in [0.29, 0.717) is 15.8 Å². The average Bonchev–Trinajstić information content (AvgIpc) is 3.06. The summed E-state index contributed by atoms with van der Waals surface area (Å²) in [5.74, 6) is 0.823. The number of hydrogen-bond acceptors (Lipinski definition) is 2. The van der Waals surface area contributed by atoms with Crippen LogP contribution in [0.25, 0.3) is 11.4 Å². The van der Waals surface area contributed by atoms with E-state index in [4.69, 9.17) is 23.8 Å². The fourth-order valence-corrected chi connectivity index (χ4v) is 2.68. The van der Waals surface area contributed by atoms with Gasteiger partial charge in [0.1, 0.15) is 0 Å². The normalized spacial score (nSPS) is 15.2. The zero-order chi connectivity index (χ0) is 12.0. The molecule has 0 radical (unpaired) electrons. The summed E-state index contributed by atoms with van der Waals surface area (Å²) in [6, 6.07) is 6.21. The number of aromatic nitrogens is 3. The van der Waals surface area contributed by atoms with Crippen molar-refractivity contribution in [1.29, 1.82) is 0 Å². The van der Waals surface area contributed by atoms with Gasteiger partial charge in [-0.05, 0) is 43.3 Å². The highest BCUT2D eigenvalue weighted by Gasteiger charge is 2.28. The van der Waals surface area contributed by atoms with Gasteiger partial charge in [0, 0.05) is 16.1 Å². The van der Waals surface area contributed by atoms with E-state index in [1.54, 1.807) is 0 Å². The van der Waals surface area contributed by atoms with Gasteiger partial charge in [0.25, 0.3) is 0 Å². The van der Waals surface area contributed by atoms with Crippen LogP contribution < -0.4 is 0 Å². The molecular weight excluding hydrogens is 322 g/mol. The van der Waals surface area contributed by atoms with Crippen LogP contribution in [0.5, 0.6) is 0 Å². The second-order valence-corrected chi connectivity index (χ2v) is 5.79. The highest BCUT2D eigenvalue weighted by molar-refractivity contribution is 9.10. The Morgan fingerprint density at radius 3 is 2.94 bits per heavy atom. The maximum absolute atomic E-state index is 6.21. The Labute approximate surface area is 117 Å². The minimum atomic E-state index is 0.478. The first-order valence-electron chi connectivity index (χ1n) is 5.29. The molecule has 1 aliphatic rings. The SMILES string of the molecule is S=c1[nH]nc(-c2cc(Br)ccc2Cl)n1C1CC1. The van der Waals surface area contributed by atoms with E-state index in [9.17, 15) is 0 Å². The smallest absolute Gasteiger partial charge is 0.195 e. The van der Waals surface area contributed by atoms with Crippen LogP contribution in [0.2, 0.25) is 5.02 Å². The van der Waals surface area contributed by atoms with Crippen molar-refractivity contribution < 1.29 is 0 Å². The van der Waals surface area contributed by atoms with E-state index in [0.717, 1.165) is 28.7 Å². The summed E-state index contributed by atoms with van der Waals surface area (Å²) in [6.07, 6.45) is 2.32. The maximum atomic E-state index is 6.21. The molecule has 1 aromatic carbocycles.